The number of nitrogens with zero attached hydrogens (tertiary/aromatic N) is 2. The molecule has 8 heteroatoms. The minimum absolute atomic E-state index is 0.152. The zero-order valence-corrected chi connectivity index (χ0v) is 21.3. The Hall–Kier alpha value is -2.26. The molecule has 0 amide bonds. The van der Waals surface area contributed by atoms with Gasteiger partial charge >= 0.3 is 6.18 Å². The number of aliphatic hydroxyl groups excluding tert-OH is 2. The number of pyridine rings is 1. The van der Waals surface area contributed by atoms with E-state index in [2.05, 4.69) is 11.1 Å². The fourth-order valence-electron chi connectivity index (χ4n) is 7.88. The Morgan fingerprint density at radius 2 is 1.97 bits per heavy atom. The Labute approximate surface area is 215 Å². The van der Waals surface area contributed by atoms with E-state index >= 15 is 0 Å². The minimum atomic E-state index is -4.54. The molecular weight excluding hydrogens is 481 g/mol. The molecule has 198 valence electrons. The van der Waals surface area contributed by atoms with E-state index < -0.39 is 40.6 Å². The van der Waals surface area contributed by atoms with Crippen molar-refractivity contribution >= 4 is 6.08 Å². The maximum atomic E-state index is 14.7. The van der Waals surface area contributed by atoms with Gasteiger partial charge in [-0.1, -0.05) is 37.3 Å². The van der Waals surface area contributed by atoms with E-state index in [0.717, 1.165) is 11.1 Å². The van der Waals surface area contributed by atoms with E-state index in [-0.39, 0.29) is 24.0 Å². The predicted molar refractivity (Wildman–Crippen MR) is 133 cm³/mol. The standard InChI is InChI=1S/C29H33F3N2O3/c1-26-14-21(29(30,31)32)19-13-20-24(35)25(36)22(34(2)3)15-27(20)10-11-28(19,37-27)23(26)9-8-18(26)7-6-17-5-4-12-33-16-17/h4-8,12-13,16,22-25,35-36H,9-11,14-15H2,1-3H3/b7-6+/t22-,23?,24+,25+,26+,27+,28+/m0/s1. The number of allylic oxidation sites excluding steroid dienone is 4. The average Bonchev–Trinajstić information content (AvgIpc) is 3.34. The maximum Gasteiger partial charge on any atom is 0.413 e. The van der Waals surface area contributed by atoms with Crippen molar-refractivity contribution in [1.82, 2.24) is 9.88 Å². The van der Waals surface area contributed by atoms with Crippen LogP contribution in [0.25, 0.3) is 6.08 Å². The Bertz CT molecular complexity index is 1240. The summed E-state index contributed by atoms with van der Waals surface area (Å²) in [4.78, 5) is 5.99. The first-order valence-corrected chi connectivity index (χ1v) is 13.0. The number of halogens is 3. The fourth-order valence-corrected chi connectivity index (χ4v) is 7.88. The van der Waals surface area contributed by atoms with E-state index in [1.807, 2.05) is 50.2 Å². The Kier molecular flexibility index (Phi) is 5.50. The minimum Gasteiger partial charge on any atom is -0.388 e. The summed E-state index contributed by atoms with van der Waals surface area (Å²) in [5, 5.41) is 21.9. The van der Waals surface area contributed by atoms with Crippen molar-refractivity contribution in [3.8, 4) is 0 Å². The molecule has 2 N–H and O–H groups in total. The lowest BCUT2D eigenvalue weighted by atomic mass is 9.56. The Balaban J connectivity index is 1.47. The maximum absolute atomic E-state index is 14.7. The molecule has 1 aromatic rings. The third-order valence-corrected chi connectivity index (χ3v) is 9.71. The number of hydrogen-bond donors (Lipinski definition) is 2. The van der Waals surface area contributed by atoms with Crippen molar-refractivity contribution in [3.05, 3.63) is 70.6 Å². The molecule has 5 nitrogen and oxygen atoms in total. The summed E-state index contributed by atoms with van der Waals surface area (Å²) in [7, 11) is 3.68. The number of likely N-dealkylation sites (N-methyl/N-ethyl adjacent to an activating group) is 1. The molecule has 1 saturated heterocycles. The zero-order valence-electron chi connectivity index (χ0n) is 21.3. The molecule has 1 aromatic heterocycles. The molecule has 3 heterocycles. The van der Waals surface area contributed by atoms with Crippen LogP contribution in [0.2, 0.25) is 0 Å². The van der Waals surface area contributed by atoms with Gasteiger partial charge in [0.2, 0.25) is 0 Å². The van der Waals surface area contributed by atoms with E-state index in [4.69, 9.17) is 4.74 Å². The molecule has 1 saturated carbocycles. The summed E-state index contributed by atoms with van der Waals surface area (Å²) in [6.45, 7) is 1.94. The van der Waals surface area contributed by atoms with Crippen LogP contribution in [0.4, 0.5) is 13.2 Å². The highest BCUT2D eigenvalue weighted by Crippen LogP contribution is 2.69. The third kappa shape index (κ3) is 3.49. The van der Waals surface area contributed by atoms with Crippen LogP contribution in [0.3, 0.4) is 0 Å². The quantitative estimate of drug-likeness (QED) is 0.618. The molecule has 0 radical (unpaired) electrons. The summed E-state index contributed by atoms with van der Waals surface area (Å²) >= 11 is 0. The second-order valence-corrected chi connectivity index (χ2v) is 11.8. The van der Waals surface area contributed by atoms with Crippen LogP contribution in [-0.2, 0) is 4.74 Å². The first-order chi connectivity index (χ1) is 17.4. The summed E-state index contributed by atoms with van der Waals surface area (Å²) in [6.07, 6.45) is 5.87. The van der Waals surface area contributed by atoms with Gasteiger partial charge < -0.3 is 19.8 Å². The molecule has 0 aromatic carbocycles. The van der Waals surface area contributed by atoms with Crippen molar-refractivity contribution in [2.75, 3.05) is 14.1 Å². The number of rotatable bonds is 3. The molecule has 2 spiro atoms. The van der Waals surface area contributed by atoms with Crippen LogP contribution >= 0.6 is 0 Å². The normalized spacial score (nSPS) is 41.0. The Morgan fingerprint density at radius 3 is 2.65 bits per heavy atom. The lowest BCUT2D eigenvalue weighted by Crippen LogP contribution is -2.62. The molecule has 2 bridgehead atoms. The SMILES string of the molecule is CN(C)[C@H]1C[C@@]23CC[C@@]4(O2)C(=C(C(F)(F)F)C[C@]2(C)C(/C=C/c5cccnc5)=CCC24)C=C3[C@@H](O)[C@@H]1O. The summed E-state index contributed by atoms with van der Waals surface area (Å²) in [6, 6.07) is 3.39. The lowest BCUT2D eigenvalue weighted by Gasteiger charge is -2.56. The van der Waals surface area contributed by atoms with Gasteiger partial charge in [0.25, 0.3) is 0 Å². The van der Waals surface area contributed by atoms with Crippen molar-refractivity contribution in [2.45, 2.75) is 74.7 Å². The summed E-state index contributed by atoms with van der Waals surface area (Å²) in [5.74, 6) is -0.159. The second-order valence-electron chi connectivity index (χ2n) is 11.8. The predicted octanol–water partition coefficient (Wildman–Crippen LogP) is 4.59. The van der Waals surface area contributed by atoms with Crippen LogP contribution in [0.1, 0.15) is 44.6 Å². The third-order valence-electron chi connectivity index (χ3n) is 9.71. The van der Waals surface area contributed by atoms with Gasteiger partial charge in [-0.15, -0.1) is 0 Å². The molecule has 2 fully saturated rings. The highest BCUT2D eigenvalue weighted by molar-refractivity contribution is 5.58. The van der Waals surface area contributed by atoms with Gasteiger partial charge in [-0.05, 0) is 74.5 Å². The van der Waals surface area contributed by atoms with Crippen molar-refractivity contribution in [2.24, 2.45) is 11.3 Å². The summed E-state index contributed by atoms with van der Waals surface area (Å²) in [5.41, 5.74) is -0.948. The van der Waals surface area contributed by atoms with Gasteiger partial charge in [0.1, 0.15) is 6.10 Å². The van der Waals surface area contributed by atoms with Crippen LogP contribution < -0.4 is 0 Å². The van der Waals surface area contributed by atoms with Crippen LogP contribution in [-0.4, -0.2) is 69.8 Å². The van der Waals surface area contributed by atoms with Gasteiger partial charge in [0, 0.05) is 35.3 Å². The number of ether oxygens (including phenoxy) is 1. The molecule has 1 unspecified atom stereocenters. The number of aromatic nitrogens is 1. The van der Waals surface area contributed by atoms with Crippen LogP contribution in [0.5, 0.6) is 0 Å². The highest BCUT2D eigenvalue weighted by atomic mass is 19.4. The first kappa shape index (κ1) is 25.0. The molecule has 3 aliphatic carbocycles. The van der Waals surface area contributed by atoms with E-state index in [0.29, 0.717) is 31.3 Å². The van der Waals surface area contributed by atoms with Gasteiger partial charge in [-0.2, -0.15) is 13.2 Å². The van der Waals surface area contributed by atoms with E-state index in [1.54, 1.807) is 18.5 Å². The van der Waals surface area contributed by atoms with Gasteiger partial charge in [-0.25, -0.2) is 0 Å². The highest BCUT2D eigenvalue weighted by Gasteiger charge is 2.69. The molecule has 6 rings (SSSR count). The van der Waals surface area contributed by atoms with Crippen LogP contribution in [0, 0.1) is 11.3 Å². The topological polar surface area (TPSA) is 65.8 Å². The lowest BCUT2D eigenvalue weighted by molar-refractivity contribution is -0.171. The number of fused-ring (bicyclic) bond motifs is 1. The van der Waals surface area contributed by atoms with E-state index in [9.17, 15) is 23.4 Å². The molecule has 37 heavy (non-hydrogen) atoms. The van der Waals surface area contributed by atoms with Crippen LogP contribution in [0.15, 0.2) is 65.0 Å². The monoisotopic (exact) mass is 514 g/mol. The molecular formula is C29H33F3N2O3. The number of alkyl halides is 3. The van der Waals surface area contributed by atoms with Gasteiger partial charge in [0.15, 0.2) is 0 Å². The molecule has 7 atom stereocenters. The van der Waals surface area contributed by atoms with Crippen molar-refractivity contribution in [1.29, 1.82) is 0 Å². The summed E-state index contributed by atoms with van der Waals surface area (Å²) < 4.78 is 51.0. The largest absolute Gasteiger partial charge is 0.413 e. The first-order valence-electron chi connectivity index (χ1n) is 13.0. The number of aliphatic hydroxyl groups is 2. The second kappa shape index (κ2) is 8.12. The molecule has 2 aliphatic heterocycles. The van der Waals surface area contributed by atoms with Crippen molar-refractivity contribution in [3.63, 3.8) is 0 Å². The fraction of sp³-hybridized carbons (Fsp3) is 0.552. The van der Waals surface area contributed by atoms with Crippen molar-refractivity contribution < 1.29 is 28.1 Å². The Morgan fingerprint density at radius 1 is 1.19 bits per heavy atom. The smallest absolute Gasteiger partial charge is 0.388 e. The molecule has 5 aliphatic rings. The van der Waals surface area contributed by atoms with Gasteiger partial charge in [-0.3, -0.25) is 4.98 Å². The average molecular weight is 515 g/mol. The van der Waals surface area contributed by atoms with Gasteiger partial charge in [0.05, 0.1) is 17.3 Å². The van der Waals surface area contributed by atoms with E-state index in [1.165, 1.54) is 0 Å². The number of hydrogen-bond acceptors (Lipinski definition) is 5. The zero-order chi connectivity index (χ0) is 26.4.